The van der Waals surface area contributed by atoms with Gasteiger partial charge in [-0.15, -0.1) is 0 Å². The van der Waals surface area contributed by atoms with Crippen LogP contribution in [-0.4, -0.2) is 48.9 Å². The van der Waals surface area contributed by atoms with Crippen LogP contribution in [0.2, 0.25) is 0 Å². The molecule has 0 aromatic carbocycles. The molecule has 0 bridgehead atoms. The summed E-state index contributed by atoms with van der Waals surface area (Å²) in [6.07, 6.45) is 19.6. The van der Waals surface area contributed by atoms with E-state index in [4.69, 9.17) is 4.99 Å². The predicted molar refractivity (Wildman–Crippen MR) is 117 cm³/mol. The van der Waals surface area contributed by atoms with Crippen LogP contribution < -0.4 is 5.32 Å². The maximum Gasteiger partial charge on any atom is 0.222 e. The highest BCUT2D eigenvalue weighted by Gasteiger charge is 2.34. The first-order chi connectivity index (χ1) is 13.1. The van der Waals surface area contributed by atoms with Crippen molar-refractivity contribution in [2.45, 2.75) is 91.4 Å². The zero-order chi connectivity index (χ0) is 19.8. The standard InChI is InChI=1S/C23H43N3O/c1-4-6-7-8-9-10-11-12-13-14-15-16-17-23-25-19-21-26(23,5-2)20-18-24-22(3)27/h16-17H,4-15,18-21H2,1-3H3/p+1/b17-16+. The second kappa shape index (κ2) is 14.8. The number of nitrogens with zero attached hydrogens (tertiary/aromatic N) is 2. The highest BCUT2D eigenvalue weighted by molar-refractivity contribution is 5.88. The van der Waals surface area contributed by atoms with Crippen molar-refractivity contribution in [1.82, 2.24) is 5.32 Å². The Kier molecular flexibility index (Phi) is 13.1. The van der Waals surface area contributed by atoms with Gasteiger partial charge in [0.05, 0.1) is 19.6 Å². The van der Waals surface area contributed by atoms with Crippen molar-refractivity contribution in [2.75, 3.05) is 32.7 Å². The van der Waals surface area contributed by atoms with Crippen LogP contribution in [0.25, 0.3) is 0 Å². The molecule has 0 saturated heterocycles. The van der Waals surface area contributed by atoms with Gasteiger partial charge in [-0.05, 0) is 19.8 Å². The molecule has 0 aliphatic carbocycles. The third kappa shape index (κ3) is 10.1. The Bertz CT molecular complexity index is 459. The topological polar surface area (TPSA) is 41.5 Å². The average Bonchev–Trinajstić information content (AvgIpc) is 3.05. The zero-order valence-corrected chi connectivity index (χ0v) is 18.3. The number of allylic oxidation sites excluding steroid dienone is 1. The molecule has 0 aromatic heterocycles. The lowest BCUT2D eigenvalue weighted by Crippen LogP contribution is -2.53. The first-order valence-corrected chi connectivity index (χ1v) is 11.5. The summed E-state index contributed by atoms with van der Waals surface area (Å²) < 4.78 is 0.912. The third-order valence-electron chi connectivity index (χ3n) is 5.80. The molecule has 0 radical (unpaired) electrons. The molecule has 0 aromatic rings. The number of rotatable bonds is 16. The lowest BCUT2D eigenvalue weighted by molar-refractivity contribution is -0.830. The second-order valence-electron chi connectivity index (χ2n) is 8.00. The van der Waals surface area contributed by atoms with Crippen molar-refractivity contribution < 1.29 is 9.28 Å². The molecule has 1 aliphatic heterocycles. The van der Waals surface area contributed by atoms with Gasteiger partial charge < -0.3 is 5.32 Å². The molecule has 156 valence electrons. The van der Waals surface area contributed by atoms with Gasteiger partial charge in [0.1, 0.15) is 13.1 Å². The Morgan fingerprint density at radius 2 is 1.67 bits per heavy atom. The van der Waals surface area contributed by atoms with Gasteiger partial charge in [0.25, 0.3) is 0 Å². The van der Waals surface area contributed by atoms with Crippen molar-refractivity contribution in [3.8, 4) is 0 Å². The van der Waals surface area contributed by atoms with Crippen molar-refractivity contribution in [3.05, 3.63) is 12.2 Å². The van der Waals surface area contributed by atoms with Gasteiger partial charge in [0.2, 0.25) is 11.7 Å². The summed E-state index contributed by atoms with van der Waals surface area (Å²) in [6, 6.07) is 0. The Hall–Kier alpha value is -1.16. The Labute approximate surface area is 168 Å². The summed E-state index contributed by atoms with van der Waals surface area (Å²) in [5.41, 5.74) is 0. The minimum absolute atomic E-state index is 0.0541. The molecule has 1 N–H and O–H groups in total. The van der Waals surface area contributed by atoms with Gasteiger partial charge in [-0.25, -0.2) is 4.99 Å². The fraction of sp³-hybridized carbons (Fsp3) is 0.826. The van der Waals surface area contributed by atoms with Crippen LogP contribution in [0, 0.1) is 0 Å². The van der Waals surface area contributed by atoms with Crippen LogP contribution in [-0.2, 0) is 4.79 Å². The van der Waals surface area contributed by atoms with E-state index < -0.39 is 0 Å². The number of amides is 1. The summed E-state index contributed by atoms with van der Waals surface area (Å²) in [4.78, 5) is 15.9. The highest BCUT2D eigenvalue weighted by atomic mass is 16.1. The molecule has 4 nitrogen and oxygen atoms in total. The predicted octanol–water partition coefficient (Wildman–Crippen LogP) is 5.24. The molecule has 1 heterocycles. The first kappa shape index (κ1) is 23.9. The number of aliphatic imine (C=N–C) groups is 1. The van der Waals surface area contributed by atoms with E-state index in [0.29, 0.717) is 0 Å². The lowest BCUT2D eigenvalue weighted by Gasteiger charge is -2.32. The summed E-state index contributed by atoms with van der Waals surface area (Å²) in [7, 11) is 0. The molecule has 1 atom stereocenters. The zero-order valence-electron chi connectivity index (χ0n) is 18.3. The Morgan fingerprint density at radius 1 is 1.04 bits per heavy atom. The van der Waals surface area contributed by atoms with E-state index in [1.54, 1.807) is 6.92 Å². The molecular formula is C23H44N3O+. The molecular weight excluding hydrogens is 334 g/mol. The number of hydrogen-bond donors (Lipinski definition) is 1. The summed E-state index contributed by atoms with van der Waals surface area (Å²) in [5, 5.41) is 2.93. The van der Waals surface area contributed by atoms with Crippen LogP contribution >= 0.6 is 0 Å². The highest BCUT2D eigenvalue weighted by Crippen LogP contribution is 2.16. The van der Waals surface area contributed by atoms with Crippen molar-refractivity contribution >= 4 is 11.7 Å². The monoisotopic (exact) mass is 378 g/mol. The van der Waals surface area contributed by atoms with Crippen LogP contribution in [0.3, 0.4) is 0 Å². The molecule has 1 unspecified atom stereocenters. The minimum atomic E-state index is 0.0541. The van der Waals surface area contributed by atoms with Gasteiger partial charge in [-0.1, -0.05) is 70.8 Å². The molecule has 0 saturated carbocycles. The molecule has 4 heteroatoms. The number of quaternary nitrogens is 1. The normalized spacial score (nSPS) is 19.6. The van der Waals surface area contributed by atoms with Crippen LogP contribution in [0.15, 0.2) is 17.1 Å². The Balaban J connectivity index is 2.15. The minimum Gasteiger partial charge on any atom is -0.351 e. The van der Waals surface area contributed by atoms with E-state index in [2.05, 4.69) is 31.3 Å². The first-order valence-electron chi connectivity index (χ1n) is 11.5. The van der Waals surface area contributed by atoms with Gasteiger partial charge in [0.15, 0.2) is 0 Å². The number of carbonyl (C=O) groups is 1. The molecule has 0 fully saturated rings. The summed E-state index contributed by atoms with van der Waals surface area (Å²) in [6.45, 7) is 10.8. The molecule has 1 rings (SSSR count). The van der Waals surface area contributed by atoms with Gasteiger partial charge in [-0.3, -0.25) is 9.28 Å². The average molecular weight is 379 g/mol. The van der Waals surface area contributed by atoms with Crippen LogP contribution in [0.5, 0.6) is 0 Å². The van der Waals surface area contributed by atoms with E-state index in [1.807, 2.05) is 0 Å². The van der Waals surface area contributed by atoms with E-state index in [-0.39, 0.29) is 5.91 Å². The van der Waals surface area contributed by atoms with Gasteiger partial charge in [-0.2, -0.15) is 0 Å². The maximum atomic E-state index is 11.1. The lowest BCUT2D eigenvalue weighted by atomic mass is 10.1. The number of nitrogens with one attached hydrogen (secondary N) is 1. The van der Waals surface area contributed by atoms with Gasteiger partial charge >= 0.3 is 0 Å². The number of likely N-dealkylation sites (N-methyl/N-ethyl adjacent to an activating group) is 1. The van der Waals surface area contributed by atoms with Crippen LogP contribution in [0.4, 0.5) is 0 Å². The van der Waals surface area contributed by atoms with E-state index in [1.165, 1.54) is 70.0 Å². The molecule has 27 heavy (non-hydrogen) atoms. The van der Waals surface area contributed by atoms with E-state index in [9.17, 15) is 4.79 Å². The van der Waals surface area contributed by atoms with Crippen molar-refractivity contribution in [2.24, 2.45) is 4.99 Å². The molecule has 0 spiro atoms. The summed E-state index contributed by atoms with van der Waals surface area (Å²) >= 11 is 0. The number of unbranched alkanes of at least 4 members (excludes halogenated alkanes) is 10. The number of amidine groups is 1. The van der Waals surface area contributed by atoms with E-state index in [0.717, 1.165) is 43.6 Å². The fourth-order valence-corrected chi connectivity index (χ4v) is 3.92. The fourth-order valence-electron chi connectivity index (χ4n) is 3.92. The smallest absolute Gasteiger partial charge is 0.222 e. The van der Waals surface area contributed by atoms with Crippen molar-refractivity contribution in [3.63, 3.8) is 0 Å². The maximum absolute atomic E-state index is 11.1. The quantitative estimate of drug-likeness (QED) is 0.290. The van der Waals surface area contributed by atoms with Crippen molar-refractivity contribution in [1.29, 1.82) is 0 Å². The number of hydrogen-bond acceptors (Lipinski definition) is 2. The second-order valence-corrected chi connectivity index (χ2v) is 8.00. The largest absolute Gasteiger partial charge is 0.351 e. The molecule has 1 amide bonds. The third-order valence-corrected chi connectivity index (χ3v) is 5.80. The van der Waals surface area contributed by atoms with Gasteiger partial charge in [0, 0.05) is 13.0 Å². The molecule has 1 aliphatic rings. The SMILES string of the molecule is CCCCCCCCCCCC/C=C/C1=NCC[N+]1(CC)CCNC(C)=O. The Morgan fingerprint density at radius 3 is 2.26 bits per heavy atom. The summed E-state index contributed by atoms with van der Waals surface area (Å²) in [5.74, 6) is 1.26. The number of carbonyl (C=O) groups excluding carboxylic acids is 1. The van der Waals surface area contributed by atoms with E-state index >= 15 is 0 Å². The van der Waals surface area contributed by atoms with Crippen LogP contribution in [0.1, 0.15) is 91.4 Å².